The van der Waals surface area contributed by atoms with Gasteiger partial charge in [0.1, 0.15) is 8.37 Å². The van der Waals surface area contributed by atoms with Gasteiger partial charge >= 0.3 is 0 Å². The van der Waals surface area contributed by atoms with Gasteiger partial charge in [-0.2, -0.15) is 0 Å². The number of rotatable bonds is 4. The largest absolute Gasteiger partial charge is 0.263 e. The standard InChI is InChI=1S/C6H17BrN3P/c1-8(2)11(9(3)4)10(5)6-7/h6H2,1-5H3. The molecule has 0 N–H and O–H groups in total. The van der Waals surface area contributed by atoms with E-state index in [1.54, 1.807) is 0 Å². The normalized spacial score (nSPS) is 12.5. The number of alkyl halides is 1. The quantitative estimate of drug-likeness (QED) is 0.421. The Hall–Kier alpha value is 0.790. The van der Waals surface area contributed by atoms with Crippen LogP contribution < -0.4 is 0 Å². The molecule has 68 valence electrons. The van der Waals surface area contributed by atoms with Crippen molar-refractivity contribution in [3.05, 3.63) is 0 Å². The second kappa shape index (κ2) is 5.44. The SMILES string of the molecule is CN(C)P(N(C)C)N(C)CBr. The Balaban J connectivity index is 4.09. The summed E-state index contributed by atoms with van der Waals surface area (Å²) in [7, 11) is 10.2. The second-order valence-electron chi connectivity index (χ2n) is 2.74. The molecule has 0 aliphatic heterocycles. The molecule has 0 unspecified atom stereocenters. The van der Waals surface area contributed by atoms with Crippen LogP contribution in [0.2, 0.25) is 0 Å². The van der Waals surface area contributed by atoms with Gasteiger partial charge in [0, 0.05) is 0 Å². The van der Waals surface area contributed by atoms with Gasteiger partial charge in [0.05, 0.1) is 5.45 Å². The highest BCUT2D eigenvalue weighted by Gasteiger charge is 2.18. The highest BCUT2D eigenvalue weighted by atomic mass is 79.9. The molecule has 0 amide bonds. The minimum Gasteiger partial charge on any atom is -0.263 e. The van der Waals surface area contributed by atoms with E-state index in [2.05, 4.69) is 65.2 Å². The fraction of sp³-hybridized carbons (Fsp3) is 1.00. The van der Waals surface area contributed by atoms with Crippen LogP contribution in [0, 0.1) is 0 Å². The maximum Gasteiger partial charge on any atom is 0.119 e. The summed E-state index contributed by atoms with van der Waals surface area (Å²) in [6.45, 7) is 0. The van der Waals surface area contributed by atoms with Gasteiger partial charge in [-0.15, -0.1) is 0 Å². The molecule has 11 heavy (non-hydrogen) atoms. The summed E-state index contributed by atoms with van der Waals surface area (Å²) in [4.78, 5) is 0. The Bertz CT molecular complexity index is 102. The monoisotopic (exact) mass is 241 g/mol. The summed E-state index contributed by atoms with van der Waals surface area (Å²) in [6, 6.07) is 0. The molecule has 0 aromatic rings. The number of halogens is 1. The Morgan fingerprint density at radius 2 is 1.36 bits per heavy atom. The van der Waals surface area contributed by atoms with Crippen molar-refractivity contribution in [2.45, 2.75) is 0 Å². The lowest BCUT2D eigenvalue weighted by Gasteiger charge is -2.35. The van der Waals surface area contributed by atoms with Crippen molar-refractivity contribution in [1.82, 2.24) is 14.0 Å². The number of nitrogens with zero attached hydrogens (tertiary/aromatic N) is 3. The minimum absolute atomic E-state index is 0.287. The third-order valence-electron chi connectivity index (χ3n) is 1.19. The summed E-state index contributed by atoms with van der Waals surface area (Å²) in [5.74, 6) is 0. The van der Waals surface area contributed by atoms with Crippen LogP contribution in [0.15, 0.2) is 0 Å². The summed E-state index contributed by atoms with van der Waals surface area (Å²) in [5.41, 5.74) is 0.912. The molecular weight excluding hydrogens is 225 g/mol. The van der Waals surface area contributed by atoms with Crippen molar-refractivity contribution < 1.29 is 0 Å². The first kappa shape index (κ1) is 11.8. The molecule has 0 fully saturated rings. The van der Waals surface area contributed by atoms with Crippen LogP contribution in [-0.4, -0.2) is 54.7 Å². The van der Waals surface area contributed by atoms with E-state index in [1.807, 2.05) is 0 Å². The molecule has 0 saturated heterocycles. The summed E-state index contributed by atoms with van der Waals surface area (Å²) in [6.07, 6.45) is 0. The van der Waals surface area contributed by atoms with E-state index in [4.69, 9.17) is 0 Å². The highest BCUT2D eigenvalue weighted by molar-refractivity contribution is 9.09. The molecule has 3 nitrogen and oxygen atoms in total. The highest BCUT2D eigenvalue weighted by Crippen LogP contribution is 2.42. The average molecular weight is 242 g/mol. The first-order chi connectivity index (χ1) is 5.00. The summed E-state index contributed by atoms with van der Waals surface area (Å²) in [5, 5.41) is 0. The van der Waals surface area contributed by atoms with Crippen LogP contribution in [0.5, 0.6) is 0 Å². The average Bonchev–Trinajstić information content (AvgIpc) is 1.85. The van der Waals surface area contributed by atoms with E-state index in [0.29, 0.717) is 0 Å². The van der Waals surface area contributed by atoms with Crippen molar-refractivity contribution >= 4 is 24.3 Å². The molecule has 0 atom stereocenters. The van der Waals surface area contributed by atoms with Gasteiger partial charge < -0.3 is 0 Å². The Morgan fingerprint density at radius 1 is 1.00 bits per heavy atom. The molecule has 5 heteroatoms. The zero-order valence-corrected chi connectivity index (χ0v) is 10.4. The molecule has 0 heterocycles. The van der Waals surface area contributed by atoms with Gasteiger partial charge in [-0.1, -0.05) is 15.9 Å². The number of hydrogen-bond donors (Lipinski definition) is 0. The third kappa shape index (κ3) is 3.81. The molecule has 0 bridgehead atoms. The van der Waals surface area contributed by atoms with Crippen LogP contribution in [-0.2, 0) is 0 Å². The van der Waals surface area contributed by atoms with Gasteiger partial charge in [0.25, 0.3) is 0 Å². The third-order valence-corrected chi connectivity index (χ3v) is 4.52. The molecule has 0 spiro atoms. The molecule has 0 aromatic carbocycles. The maximum absolute atomic E-state index is 3.44. The number of hydrogen-bond acceptors (Lipinski definition) is 3. The first-order valence-corrected chi connectivity index (χ1v) is 5.74. The minimum atomic E-state index is -0.287. The van der Waals surface area contributed by atoms with Crippen LogP contribution in [0.25, 0.3) is 0 Å². The smallest absolute Gasteiger partial charge is 0.119 e. The van der Waals surface area contributed by atoms with Crippen molar-refractivity contribution in [3.8, 4) is 0 Å². The molecule has 0 aliphatic carbocycles. The Morgan fingerprint density at radius 3 is 1.45 bits per heavy atom. The maximum atomic E-state index is 3.44. The fourth-order valence-electron chi connectivity index (χ4n) is 1.02. The van der Waals surface area contributed by atoms with Gasteiger partial charge in [0.2, 0.25) is 0 Å². The lowest BCUT2D eigenvalue weighted by Crippen LogP contribution is -2.27. The molecule has 0 saturated carbocycles. The van der Waals surface area contributed by atoms with Gasteiger partial charge in [0.15, 0.2) is 0 Å². The lowest BCUT2D eigenvalue weighted by atomic mass is 11.2. The predicted octanol–water partition coefficient (Wildman–Crippen LogP) is 1.62. The second-order valence-corrected chi connectivity index (χ2v) is 6.06. The zero-order chi connectivity index (χ0) is 9.02. The molecule has 0 rings (SSSR count). The molecule has 0 aromatic heterocycles. The molecular formula is C6H17BrN3P. The fourth-order valence-corrected chi connectivity index (χ4v) is 3.65. The van der Waals surface area contributed by atoms with E-state index in [0.717, 1.165) is 5.45 Å². The molecule has 0 radical (unpaired) electrons. The van der Waals surface area contributed by atoms with E-state index < -0.39 is 0 Å². The van der Waals surface area contributed by atoms with Crippen LogP contribution in [0.4, 0.5) is 0 Å². The van der Waals surface area contributed by atoms with E-state index in [1.165, 1.54) is 0 Å². The Kier molecular flexibility index (Phi) is 5.83. The van der Waals surface area contributed by atoms with Crippen LogP contribution in [0.3, 0.4) is 0 Å². The van der Waals surface area contributed by atoms with Crippen molar-refractivity contribution in [2.75, 3.05) is 40.7 Å². The van der Waals surface area contributed by atoms with E-state index in [9.17, 15) is 0 Å². The van der Waals surface area contributed by atoms with Crippen molar-refractivity contribution in [1.29, 1.82) is 0 Å². The summed E-state index contributed by atoms with van der Waals surface area (Å²) >= 11 is 3.44. The predicted molar refractivity (Wildman–Crippen MR) is 55.9 cm³/mol. The van der Waals surface area contributed by atoms with Gasteiger partial charge in [-0.25, -0.2) is 0 Å². The van der Waals surface area contributed by atoms with Crippen molar-refractivity contribution in [3.63, 3.8) is 0 Å². The van der Waals surface area contributed by atoms with Gasteiger partial charge in [-0.3, -0.25) is 14.0 Å². The Labute approximate surface area is 79.4 Å². The van der Waals surface area contributed by atoms with Crippen LogP contribution >= 0.6 is 24.3 Å². The summed E-state index contributed by atoms with van der Waals surface area (Å²) < 4.78 is 6.74. The van der Waals surface area contributed by atoms with Crippen molar-refractivity contribution in [2.24, 2.45) is 0 Å². The molecule has 0 aliphatic rings. The van der Waals surface area contributed by atoms with Gasteiger partial charge in [-0.05, 0) is 35.2 Å². The zero-order valence-electron chi connectivity index (χ0n) is 7.87. The van der Waals surface area contributed by atoms with Crippen LogP contribution in [0.1, 0.15) is 0 Å². The van der Waals surface area contributed by atoms with E-state index >= 15 is 0 Å². The topological polar surface area (TPSA) is 9.72 Å². The lowest BCUT2D eigenvalue weighted by molar-refractivity contribution is 0.484. The first-order valence-electron chi connectivity index (χ1n) is 3.42. The van der Waals surface area contributed by atoms with E-state index in [-0.39, 0.29) is 8.37 Å².